The molecular formula is C9H9F2N3O3. The van der Waals surface area contributed by atoms with Gasteiger partial charge in [-0.05, 0) is 0 Å². The van der Waals surface area contributed by atoms with Crippen LogP contribution in [0.3, 0.4) is 0 Å². The Hall–Kier alpha value is -1.99. The second-order valence-corrected chi connectivity index (χ2v) is 3.85. The van der Waals surface area contributed by atoms with Crippen LogP contribution in [-0.4, -0.2) is 50.7 Å². The lowest BCUT2D eigenvalue weighted by atomic mass is 10.1. The van der Waals surface area contributed by atoms with Crippen molar-refractivity contribution in [2.24, 2.45) is 7.05 Å². The molecule has 92 valence electrons. The molecule has 0 spiro atoms. The predicted molar refractivity (Wildman–Crippen MR) is 51.0 cm³/mol. The summed E-state index contributed by atoms with van der Waals surface area (Å²) in [6.45, 7) is -1.36. The first kappa shape index (κ1) is 11.5. The number of aromatic nitrogens is 2. The van der Waals surface area contributed by atoms with E-state index in [0.717, 1.165) is 15.8 Å². The highest BCUT2D eigenvalue weighted by atomic mass is 19.3. The molecule has 1 N–H and O–H groups in total. The van der Waals surface area contributed by atoms with Crippen LogP contribution < -0.4 is 0 Å². The Labute approximate surface area is 94.4 Å². The molecule has 0 unspecified atom stereocenters. The maximum absolute atomic E-state index is 12.6. The van der Waals surface area contributed by atoms with Crippen LogP contribution in [0, 0.1) is 0 Å². The molecule has 1 aromatic rings. The SMILES string of the molecule is Cn1ncc(C(=O)N2CC(F)(F)C2)c1C(=O)O. The number of hydrogen-bond donors (Lipinski definition) is 1. The third kappa shape index (κ3) is 1.85. The van der Waals surface area contributed by atoms with Crippen molar-refractivity contribution in [1.82, 2.24) is 14.7 Å². The molecule has 1 aromatic heterocycles. The number of alkyl halides is 2. The van der Waals surface area contributed by atoms with Crippen molar-refractivity contribution in [1.29, 1.82) is 0 Å². The van der Waals surface area contributed by atoms with Crippen LogP contribution in [0.2, 0.25) is 0 Å². The lowest BCUT2D eigenvalue weighted by Gasteiger charge is -2.38. The van der Waals surface area contributed by atoms with Crippen molar-refractivity contribution in [2.75, 3.05) is 13.1 Å². The Morgan fingerprint density at radius 1 is 1.47 bits per heavy atom. The number of likely N-dealkylation sites (tertiary alicyclic amines) is 1. The quantitative estimate of drug-likeness (QED) is 0.808. The van der Waals surface area contributed by atoms with Crippen LogP contribution in [0.4, 0.5) is 8.78 Å². The summed E-state index contributed by atoms with van der Waals surface area (Å²) in [7, 11) is 1.37. The van der Waals surface area contributed by atoms with E-state index in [1.165, 1.54) is 7.05 Å². The van der Waals surface area contributed by atoms with Gasteiger partial charge in [-0.2, -0.15) is 5.10 Å². The summed E-state index contributed by atoms with van der Waals surface area (Å²) in [4.78, 5) is 23.5. The summed E-state index contributed by atoms with van der Waals surface area (Å²) >= 11 is 0. The Balaban J connectivity index is 2.24. The molecule has 1 aliphatic heterocycles. The number of carboxylic acid groups (broad SMARTS) is 1. The molecule has 6 nitrogen and oxygen atoms in total. The van der Waals surface area contributed by atoms with Gasteiger partial charge in [0.05, 0.1) is 24.8 Å². The van der Waals surface area contributed by atoms with E-state index in [1.807, 2.05) is 0 Å². The van der Waals surface area contributed by atoms with E-state index >= 15 is 0 Å². The Bertz CT molecular complexity index is 490. The van der Waals surface area contributed by atoms with Gasteiger partial charge in [0, 0.05) is 7.05 Å². The third-order valence-electron chi connectivity index (χ3n) is 2.50. The third-order valence-corrected chi connectivity index (χ3v) is 2.50. The minimum Gasteiger partial charge on any atom is -0.477 e. The van der Waals surface area contributed by atoms with Crippen molar-refractivity contribution in [3.05, 3.63) is 17.5 Å². The molecule has 0 aromatic carbocycles. The van der Waals surface area contributed by atoms with Gasteiger partial charge in [0.2, 0.25) is 0 Å². The number of carbonyl (C=O) groups is 2. The van der Waals surface area contributed by atoms with E-state index in [0.29, 0.717) is 0 Å². The average molecular weight is 245 g/mol. The topological polar surface area (TPSA) is 75.4 Å². The summed E-state index contributed by atoms with van der Waals surface area (Å²) in [6.07, 6.45) is 1.07. The van der Waals surface area contributed by atoms with Crippen LogP contribution in [0.15, 0.2) is 6.20 Å². The average Bonchev–Trinajstić information content (AvgIpc) is 2.55. The van der Waals surface area contributed by atoms with Crippen molar-refractivity contribution in [2.45, 2.75) is 5.92 Å². The van der Waals surface area contributed by atoms with Crippen LogP contribution in [-0.2, 0) is 7.05 Å². The Morgan fingerprint density at radius 3 is 2.53 bits per heavy atom. The molecular weight excluding hydrogens is 236 g/mol. The summed E-state index contributed by atoms with van der Waals surface area (Å²) in [5, 5.41) is 12.5. The molecule has 0 atom stereocenters. The molecule has 2 rings (SSSR count). The highest BCUT2D eigenvalue weighted by molar-refractivity contribution is 6.04. The molecule has 1 fully saturated rings. The van der Waals surface area contributed by atoms with Crippen LogP contribution in [0.5, 0.6) is 0 Å². The first-order valence-electron chi connectivity index (χ1n) is 4.74. The van der Waals surface area contributed by atoms with Gasteiger partial charge in [0.1, 0.15) is 0 Å². The number of carbonyl (C=O) groups excluding carboxylic acids is 1. The molecule has 17 heavy (non-hydrogen) atoms. The maximum Gasteiger partial charge on any atom is 0.354 e. The molecule has 2 heterocycles. The summed E-state index contributed by atoms with van der Waals surface area (Å²) in [5.74, 6) is -4.93. The van der Waals surface area contributed by atoms with Crippen molar-refractivity contribution >= 4 is 11.9 Å². The summed E-state index contributed by atoms with van der Waals surface area (Å²) in [5.41, 5.74) is -0.472. The zero-order chi connectivity index (χ0) is 12.8. The van der Waals surface area contributed by atoms with E-state index in [1.54, 1.807) is 0 Å². The normalized spacial score (nSPS) is 17.7. The summed E-state index contributed by atoms with van der Waals surface area (Å²) < 4.78 is 26.2. The maximum atomic E-state index is 12.6. The monoisotopic (exact) mass is 245 g/mol. The fourth-order valence-corrected chi connectivity index (χ4v) is 1.67. The molecule has 0 radical (unpaired) electrons. The van der Waals surface area contributed by atoms with Gasteiger partial charge in [0.15, 0.2) is 5.69 Å². The molecule has 0 aliphatic carbocycles. The van der Waals surface area contributed by atoms with E-state index in [9.17, 15) is 18.4 Å². The zero-order valence-electron chi connectivity index (χ0n) is 8.85. The second-order valence-electron chi connectivity index (χ2n) is 3.85. The first-order chi connectivity index (χ1) is 7.82. The Kier molecular flexibility index (Phi) is 2.37. The van der Waals surface area contributed by atoms with E-state index in [-0.39, 0.29) is 11.3 Å². The number of aromatic carboxylic acids is 1. The van der Waals surface area contributed by atoms with Crippen LogP contribution in [0.1, 0.15) is 20.8 Å². The minimum atomic E-state index is -2.87. The van der Waals surface area contributed by atoms with E-state index in [4.69, 9.17) is 5.11 Å². The molecule has 1 saturated heterocycles. The fraction of sp³-hybridized carbons (Fsp3) is 0.444. The highest BCUT2D eigenvalue weighted by Crippen LogP contribution is 2.28. The smallest absolute Gasteiger partial charge is 0.354 e. The zero-order valence-corrected chi connectivity index (χ0v) is 8.85. The molecule has 0 bridgehead atoms. The van der Waals surface area contributed by atoms with Gasteiger partial charge in [-0.1, -0.05) is 0 Å². The number of hydrogen-bond acceptors (Lipinski definition) is 3. The predicted octanol–water partition coefficient (Wildman–Crippen LogP) is 0.209. The molecule has 0 saturated carbocycles. The number of rotatable bonds is 2. The van der Waals surface area contributed by atoms with Crippen molar-refractivity contribution < 1.29 is 23.5 Å². The van der Waals surface area contributed by atoms with Crippen LogP contribution in [0.25, 0.3) is 0 Å². The number of aryl methyl sites for hydroxylation is 1. The standard InChI is InChI=1S/C9H9F2N3O3/c1-13-6(8(16)17)5(2-12-13)7(15)14-3-9(10,11)4-14/h2H,3-4H2,1H3,(H,16,17). The molecule has 8 heteroatoms. The minimum absolute atomic E-state index is 0.171. The lowest BCUT2D eigenvalue weighted by molar-refractivity contribution is -0.113. The van der Waals surface area contributed by atoms with Crippen LogP contribution >= 0.6 is 0 Å². The van der Waals surface area contributed by atoms with Gasteiger partial charge in [-0.15, -0.1) is 0 Å². The van der Waals surface area contributed by atoms with Crippen molar-refractivity contribution in [3.8, 4) is 0 Å². The van der Waals surface area contributed by atoms with E-state index in [2.05, 4.69) is 5.10 Å². The molecule has 1 amide bonds. The van der Waals surface area contributed by atoms with Crippen molar-refractivity contribution in [3.63, 3.8) is 0 Å². The van der Waals surface area contributed by atoms with E-state index < -0.39 is 30.9 Å². The molecule has 1 aliphatic rings. The highest BCUT2D eigenvalue weighted by Gasteiger charge is 2.47. The first-order valence-corrected chi connectivity index (χ1v) is 4.74. The second kappa shape index (κ2) is 3.51. The fourth-order valence-electron chi connectivity index (χ4n) is 1.67. The number of nitrogens with zero attached hydrogens (tertiary/aromatic N) is 3. The lowest BCUT2D eigenvalue weighted by Crippen LogP contribution is -2.58. The van der Waals surface area contributed by atoms with Gasteiger partial charge in [0.25, 0.3) is 11.8 Å². The number of halogens is 2. The van der Waals surface area contributed by atoms with Gasteiger partial charge >= 0.3 is 5.97 Å². The Morgan fingerprint density at radius 2 is 2.06 bits per heavy atom. The van der Waals surface area contributed by atoms with Gasteiger partial charge in [-0.25, -0.2) is 13.6 Å². The largest absolute Gasteiger partial charge is 0.477 e. The van der Waals surface area contributed by atoms with Gasteiger partial charge in [-0.3, -0.25) is 9.48 Å². The number of carboxylic acids is 1. The summed E-state index contributed by atoms with van der Waals surface area (Å²) in [6, 6.07) is 0. The van der Waals surface area contributed by atoms with Gasteiger partial charge < -0.3 is 10.0 Å². The number of amides is 1.